The molecular weight excluding hydrogens is 520 g/mol. The fourth-order valence-electron chi connectivity index (χ4n) is 10.1. The smallest absolute Gasteiger partial charge is 0.317 e. The molecule has 7 nitrogen and oxygen atoms in total. The van der Waals surface area contributed by atoms with Gasteiger partial charge in [0.05, 0.1) is 5.92 Å². The van der Waals surface area contributed by atoms with E-state index in [1.165, 1.54) is 6.92 Å². The summed E-state index contributed by atoms with van der Waals surface area (Å²) in [5, 5.41) is 18.4. The molecule has 4 aliphatic carbocycles. The summed E-state index contributed by atoms with van der Waals surface area (Å²) in [6, 6.07) is 0. The molecule has 7 heteroatoms. The van der Waals surface area contributed by atoms with Crippen LogP contribution in [0.5, 0.6) is 0 Å². The number of aliphatic carboxylic acids is 2. The van der Waals surface area contributed by atoms with E-state index in [4.69, 9.17) is 9.84 Å². The monoisotopic (exact) mass is 570 g/mol. The van der Waals surface area contributed by atoms with Crippen LogP contribution in [0.2, 0.25) is 0 Å². The van der Waals surface area contributed by atoms with E-state index in [0.29, 0.717) is 18.3 Å². The molecule has 0 radical (unpaired) electrons. The Morgan fingerprint density at radius 2 is 1.59 bits per heavy atom. The van der Waals surface area contributed by atoms with Gasteiger partial charge in [-0.25, -0.2) is 0 Å². The molecule has 0 amide bonds. The van der Waals surface area contributed by atoms with Gasteiger partial charge in [0.25, 0.3) is 0 Å². The summed E-state index contributed by atoms with van der Waals surface area (Å²) >= 11 is 0. The predicted octanol–water partition coefficient (Wildman–Crippen LogP) is 6.99. The lowest BCUT2D eigenvalue weighted by Crippen LogP contribution is -2.56. The molecule has 4 aliphatic rings. The van der Waals surface area contributed by atoms with E-state index in [1.807, 2.05) is 0 Å². The second kappa shape index (κ2) is 10.7. The van der Waals surface area contributed by atoms with Crippen LogP contribution in [0.25, 0.3) is 0 Å². The molecule has 0 spiro atoms. The number of rotatable bonds is 9. The van der Waals surface area contributed by atoms with Crippen molar-refractivity contribution >= 4 is 23.7 Å². The summed E-state index contributed by atoms with van der Waals surface area (Å²) in [4.78, 5) is 47.7. The first-order chi connectivity index (χ1) is 18.9. The lowest BCUT2D eigenvalue weighted by molar-refractivity contribution is -0.172. The van der Waals surface area contributed by atoms with Crippen molar-refractivity contribution in [3.8, 4) is 0 Å². The molecule has 0 aromatic carbocycles. The molecule has 0 aromatic heterocycles. The van der Waals surface area contributed by atoms with Gasteiger partial charge in [-0.05, 0) is 92.3 Å². The number of ether oxygens (including phenoxy) is 1. The van der Waals surface area contributed by atoms with Crippen LogP contribution in [-0.4, -0.2) is 40.0 Å². The molecule has 0 heterocycles. The zero-order valence-corrected chi connectivity index (χ0v) is 26.1. The van der Waals surface area contributed by atoms with E-state index in [1.54, 1.807) is 11.1 Å². The summed E-state index contributed by atoms with van der Waals surface area (Å²) in [7, 11) is 0. The van der Waals surface area contributed by atoms with E-state index in [2.05, 4.69) is 48.1 Å². The van der Waals surface area contributed by atoms with Crippen molar-refractivity contribution in [2.75, 3.05) is 0 Å². The Hall–Kier alpha value is -2.44. The van der Waals surface area contributed by atoms with E-state index in [9.17, 15) is 24.3 Å². The molecule has 8 atom stereocenters. The van der Waals surface area contributed by atoms with Crippen LogP contribution in [0.15, 0.2) is 23.3 Å². The van der Waals surface area contributed by atoms with Crippen LogP contribution in [0.3, 0.4) is 0 Å². The van der Waals surface area contributed by atoms with E-state index in [-0.39, 0.29) is 45.0 Å². The molecule has 41 heavy (non-hydrogen) atoms. The normalized spacial score (nSPS) is 37.2. The maximum absolute atomic E-state index is 13.0. The number of esters is 1. The lowest BCUT2D eigenvalue weighted by Gasteiger charge is -2.62. The van der Waals surface area contributed by atoms with Gasteiger partial charge in [-0.15, -0.1) is 0 Å². The number of allylic oxidation sites excluding steroid dienone is 2. The number of carbonyl (C=O) groups excluding carboxylic acids is 2. The van der Waals surface area contributed by atoms with Crippen LogP contribution in [-0.2, 0) is 23.9 Å². The lowest BCUT2D eigenvalue weighted by atomic mass is 9.43. The van der Waals surface area contributed by atoms with Crippen molar-refractivity contribution in [1.82, 2.24) is 0 Å². The Kier molecular flexibility index (Phi) is 8.20. The van der Waals surface area contributed by atoms with Gasteiger partial charge in [0.1, 0.15) is 12.5 Å². The molecule has 3 unspecified atom stereocenters. The van der Waals surface area contributed by atoms with Gasteiger partial charge in [0.2, 0.25) is 0 Å². The summed E-state index contributed by atoms with van der Waals surface area (Å²) in [6.07, 6.45) is 7.42. The Balaban J connectivity index is 1.57. The highest BCUT2D eigenvalue weighted by molar-refractivity contribution is 5.99. The van der Waals surface area contributed by atoms with Crippen molar-refractivity contribution in [3.05, 3.63) is 23.3 Å². The highest BCUT2D eigenvalue weighted by Gasteiger charge is 2.63. The standard InChI is InChI=1S/C34H50O7/c1-19(17-25(35)20(2)21(3)30(39)40)22-11-15-34(8)24-9-10-26-31(4,5)27(41-29(38)18-28(36)37)13-14-32(26,6)23(24)12-16-33(22,34)7/h19,21-22,26-27H,2,9-18H2,1,3-8H3,(H,36,37)(H,39,40)/t19?,21?,22-,26+,27?,32+,33+,34-/m0/s1. The number of carboxylic acids is 2. The molecule has 0 aromatic rings. The highest BCUT2D eigenvalue weighted by atomic mass is 16.5. The first kappa shape index (κ1) is 31.5. The first-order valence-corrected chi connectivity index (χ1v) is 15.5. The van der Waals surface area contributed by atoms with Crippen LogP contribution in [0.1, 0.15) is 113 Å². The summed E-state index contributed by atoms with van der Waals surface area (Å²) in [5.74, 6) is -2.94. The Morgan fingerprint density at radius 1 is 0.927 bits per heavy atom. The fourth-order valence-corrected chi connectivity index (χ4v) is 10.1. The Bertz CT molecular complexity index is 1180. The molecular formula is C34H50O7. The predicted molar refractivity (Wildman–Crippen MR) is 156 cm³/mol. The quantitative estimate of drug-likeness (QED) is 0.133. The highest BCUT2D eigenvalue weighted by Crippen LogP contribution is 2.72. The van der Waals surface area contributed by atoms with Crippen molar-refractivity contribution < 1.29 is 34.1 Å². The third kappa shape index (κ3) is 4.99. The van der Waals surface area contributed by atoms with Gasteiger partial charge < -0.3 is 14.9 Å². The maximum atomic E-state index is 13.0. The zero-order valence-electron chi connectivity index (χ0n) is 26.1. The number of carboxylic acid groups (broad SMARTS) is 2. The largest absolute Gasteiger partial charge is 0.481 e. The third-order valence-electron chi connectivity index (χ3n) is 12.8. The van der Waals surface area contributed by atoms with Gasteiger partial charge in [0.15, 0.2) is 5.78 Å². The average Bonchev–Trinajstić information content (AvgIpc) is 3.15. The maximum Gasteiger partial charge on any atom is 0.317 e. The van der Waals surface area contributed by atoms with E-state index in [0.717, 1.165) is 51.4 Å². The topological polar surface area (TPSA) is 118 Å². The number of Topliss-reactive ketones (excluding diaryl/α,β-unsaturated/α-hetero) is 1. The minimum Gasteiger partial charge on any atom is -0.481 e. The zero-order chi connectivity index (χ0) is 30.7. The number of hydrogen-bond acceptors (Lipinski definition) is 5. The molecule has 0 saturated heterocycles. The number of carbonyl (C=O) groups is 4. The Labute approximate surface area is 245 Å². The van der Waals surface area contributed by atoms with Crippen molar-refractivity contribution in [2.24, 2.45) is 45.3 Å². The molecule has 4 rings (SSSR count). The second-order valence-electron chi connectivity index (χ2n) is 15.0. The molecule has 0 bridgehead atoms. The van der Waals surface area contributed by atoms with Gasteiger partial charge >= 0.3 is 17.9 Å². The summed E-state index contributed by atoms with van der Waals surface area (Å²) < 4.78 is 5.77. The van der Waals surface area contributed by atoms with Crippen molar-refractivity contribution in [1.29, 1.82) is 0 Å². The first-order valence-electron chi connectivity index (χ1n) is 15.5. The second-order valence-corrected chi connectivity index (χ2v) is 15.0. The fraction of sp³-hybridized carbons (Fsp3) is 0.765. The molecule has 228 valence electrons. The molecule has 2 N–H and O–H groups in total. The average molecular weight is 571 g/mol. The number of hydrogen-bond donors (Lipinski definition) is 2. The van der Waals surface area contributed by atoms with E-state index >= 15 is 0 Å². The van der Waals surface area contributed by atoms with Crippen LogP contribution in [0, 0.1) is 45.3 Å². The molecule has 0 aliphatic heterocycles. The Morgan fingerprint density at radius 3 is 2.20 bits per heavy atom. The van der Waals surface area contributed by atoms with Gasteiger partial charge in [0, 0.05) is 17.4 Å². The third-order valence-corrected chi connectivity index (χ3v) is 12.8. The molecule has 2 saturated carbocycles. The van der Waals surface area contributed by atoms with Crippen molar-refractivity contribution in [2.45, 2.75) is 119 Å². The van der Waals surface area contributed by atoms with Crippen LogP contribution >= 0.6 is 0 Å². The summed E-state index contributed by atoms with van der Waals surface area (Å²) in [5.41, 5.74) is 3.29. The van der Waals surface area contributed by atoms with Gasteiger partial charge in [-0.2, -0.15) is 0 Å². The minimum absolute atomic E-state index is 0.0154. The van der Waals surface area contributed by atoms with Gasteiger partial charge in [-0.3, -0.25) is 19.2 Å². The SMILES string of the molecule is C=C(C(=O)CC(C)[C@@H]1CC[C@@]2(C)C3=C(CC[C@]12C)[C@@]1(C)CCC(OC(=O)CC(=O)O)C(C)(C)[C@H]1CC3)C(C)C(=O)O. The number of fused-ring (bicyclic) bond motifs is 4. The summed E-state index contributed by atoms with van der Waals surface area (Å²) in [6.45, 7) is 19.2. The van der Waals surface area contributed by atoms with E-state index < -0.39 is 30.2 Å². The minimum atomic E-state index is -1.16. The van der Waals surface area contributed by atoms with Crippen LogP contribution < -0.4 is 0 Å². The van der Waals surface area contributed by atoms with Crippen LogP contribution in [0.4, 0.5) is 0 Å². The number of ketones is 1. The van der Waals surface area contributed by atoms with Gasteiger partial charge in [-0.1, -0.05) is 59.3 Å². The molecule has 2 fully saturated rings. The van der Waals surface area contributed by atoms with Crippen molar-refractivity contribution in [3.63, 3.8) is 0 Å².